The van der Waals surface area contributed by atoms with Gasteiger partial charge in [-0.25, -0.2) is 0 Å². The Hall–Kier alpha value is 0.230. The molecule has 2 N–H and O–H groups in total. The van der Waals surface area contributed by atoms with Crippen LogP contribution >= 0.6 is 11.8 Å². The van der Waals surface area contributed by atoms with Gasteiger partial charge in [0, 0.05) is 19.2 Å². The van der Waals surface area contributed by atoms with Gasteiger partial charge in [0.25, 0.3) is 0 Å². The fraction of sp³-hybridized carbons (Fsp3) is 1.00. The first-order valence-corrected chi connectivity index (χ1v) is 8.55. The number of hydrogen-bond donors (Lipinski definition) is 2. The standard InChI is InChI=1S/C14H29NO2S/c1-2-3-4-5-8-17-12-14(16)11-15-13-6-9-18-10-7-13/h13-16H,2-12H2,1H3. The van der Waals surface area contributed by atoms with E-state index in [2.05, 4.69) is 12.2 Å². The summed E-state index contributed by atoms with van der Waals surface area (Å²) in [6.45, 7) is 4.14. The molecule has 4 heteroatoms. The number of rotatable bonds is 10. The largest absolute Gasteiger partial charge is 0.389 e. The van der Waals surface area contributed by atoms with Crippen molar-refractivity contribution in [2.75, 3.05) is 31.3 Å². The van der Waals surface area contributed by atoms with Gasteiger partial charge in [0.1, 0.15) is 0 Å². The van der Waals surface area contributed by atoms with Crippen molar-refractivity contribution in [3.8, 4) is 0 Å². The molecule has 0 aliphatic carbocycles. The lowest BCUT2D eigenvalue weighted by atomic mass is 10.1. The van der Waals surface area contributed by atoms with Gasteiger partial charge in [0.15, 0.2) is 0 Å². The Balaban J connectivity index is 1.88. The number of hydrogen-bond acceptors (Lipinski definition) is 4. The van der Waals surface area contributed by atoms with Crippen LogP contribution in [0.15, 0.2) is 0 Å². The highest BCUT2D eigenvalue weighted by Gasteiger charge is 2.14. The summed E-state index contributed by atoms with van der Waals surface area (Å²) in [5, 5.41) is 13.2. The molecule has 1 unspecified atom stereocenters. The molecule has 1 rings (SSSR count). The van der Waals surface area contributed by atoms with Crippen LogP contribution in [0.4, 0.5) is 0 Å². The highest BCUT2D eigenvalue weighted by molar-refractivity contribution is 7.99. The average Bonchev–Trinajstić information content (AvgIpc) is 2.41. The van der Waals surface area contributed by atoms with Crippen LogP contribution in [0.1, 0.15) is 45.4 Å². The summed E-state index contributed by atoms with van der Waals surface area (Å²) in [6.07, 6.45) is 7.01. The molecule has 0 bridgehead atoms. The van der Waals surface area contributed by atoms with Crippen molar-refractivity contribution in [3.05, 3.63) is 0 Å². The van der Waals surface area contributed by atoms with Crippen LogP contribution in [0, 0.1) is 0 Å². The lowest BCUT2D eigenvalue weighted by Crippen LogP contribution is -2.39. The van der Waals surface area contributed by atoms with Crippen molar-refractivity contribution < 1.29 is 9.84 Å². The highest BCUT2D eigenvalue weighted by atomic mass is 32.2. The van der Waals surface area contributed by atoms with Crippen molar-refractivity contribution in [1.82, 2.24) is 5.32 Å². The number of ether oxygens (including phenoxy) is 1. The Morgan fingerprint density at radius 3 is 2.78 bits per heavy atom. The molecule has 1 atom stereocenters. The molecule has 0 radical (unpaired) electrons. The van der Waals surface area contributed by atoms with E-state index in [0.717, 1.165) is 13.0 Å². The summed E-state index contributed by atoms with van der Waals surface area (Å²) in [6, 6.07) is 0.602. The Bertz CT molecular complexity index is 187. The molecule has 0 aromatic carbocycles. The number of aliphatic hydroxyl groups is 1. The lowest BCUT2D eigenvalue weighted by Gasteiger charge is -2.24. The van der Waals surface area contributed by atoms with Crippen LogP contribution in [0.2, 0.25) is 0 Å². The Morgan fingerprint density at radius 2 is 2.06 bits per heavy atom. The van der Waals surface area contributed by atoms with E-state index in [1.807, 2.05) is 11.8 Å². The second kappa shape index (κ2) is 11.1. The van der Waals surface area contributed by atoms with Gasteiger partial charge in [-0.15, -0.1) is 0 Å². The monoisotopic (exact) mass is 275 g/mol. The SMILES string of the molecule is CCCCCCOCC(O)CNC1CCSCC1. The molecule has 0 saturated carbocycles. The van der Waals surface area contributed by atoms with Gasteiger partial charge in [-0.2, -0.15) is 11.8 Å². The molecule has 1 heterocycles. The molecule has 3 nitrogen and oxygen atoms in total. The summed E-state index contributed by atoms with van der Waals surface area (Å²) in [4.78, 5) is 0. The van der Waals surface area contributed by atoms with Crippen LogP contribution in [0.5, 0.6) is 0 Å². The smallest absolute Gasteiger partial charge is 0.0897 e. The fourth-order valence-electron chi connectivity index (χ4n) is 2.11. The second-order valence-corrected chi connectivity index (χ2v) is 6.31. The minimum absolute atomic E-state index is 0.356. The summed E-state index contributed by atoms with van der Waals surface area (Å²) in [5.74, 6) is 2.50. The van der Waals surface area contributed by atoms with Crippen molar-refractivity contribution in [1.29, 1.82) is 0 Å². The van der Waals surface area contributed by atoms with Crippen LogP contribution in [-0.4, -0.2) is 48.5 Å². The maximum atomic E-state index is 9.79. The molecular formula is C14H29NO2S. The van der Waals surface area contributed by atoms with Crippen molar-refractivity contribution in [2.45, 2.75) is 57.6 Å². The third kappa shape index (κ3) is 8.35. The molecule has 18 heavy (non-hydrogen) atoms. The maximum absolute atomic E-state index is 9.79. The first-order chi connectivity index (χ1) is 8.83. The van der Waals surface area contributed by atoms with E-state index in [-0.39, 0.29) is 6.10 Å². The quantitative estimate of drug-likeness (QED) is 0.601. The van der Waals surface area contributed by atoms with Gasteiger partial charge in [0.2, 0.25) is 0 Å². The van der Waals surface area contributed by atoms with Crippen molar-refractivity contribution >= 4 is 11.8 Å². The molecule has 0 amide bonds. The summed E-state index contributed by atoms with van der Waals surface area (Å²) in [5.41, 5.74) is 0. The van der Waals surface area contributed by atoms with E-state index in [1.165, 1.54) is 43.6 Å². The second-order valence-electron chi connectivity index (χ2n) is 5.08. The molecular weight excluding hydrogens is 246 g/mol. The van der Waals surface area contributed by atoms with Crippen LogP contribution in [-0.2, 0) is 4.74 Å². The normalized spacial score (nSPS) is 19.0. The van der Waals surface area contributed by atoms with Crippen LogP contribution in [0.25, 0.3) is 0 Å². The van der Waals surface area contributed by atoms with Gasteiger partial charge in [-0.1, -0.05) is 26.2 Å². The first kappa shape index (κ1) is 16.3. The van der Waals surface area contributed by atoms with E-state index in [9.17, 15) is 5.11 Å². The van der Waals surface area contributed by atoms with E-state index in [0.29, 0.717) is 19.2 Å². The highest BCUT2D eigenvalue weighted by Crippen LogP contribution is 2.16. The Morgan fingerprint density at radius 1 is 1.28 bits per heavy atom. The lowest BCUT2D eigenvalue weighted by molar-refractivity contribution is 0.0340. The van der Waals surface area contributed by atoms with Gasteiger partial charge < -0.3 is 15.2 Å². The molecule has 1 fully saturated rings. The topological polar surface area (TPSA) is 41.5 Å². The number of aliphatic hydroxyl groups excluding tert-OH is 1. The van der Waals surface area contributed by atoms with E-state index in [4.69, 9.17) is 4.74 Å². The summed E-state index contributed by atoms with van der Waals surface area (Å²) in [7, 11) is 0. The van der Waals surface area contributed by atoms with E-state index in [1.54, 1.807) is 0 Å². The van der Waals surface area contributed by atoms with Crippen LogP contribution in [0.3, 0.4) is 0 Å². The van der Waals surface area contributed by atoms with E-state index >= 15 is 0 Å². The number of unbranched alkanes of at least 4 members (excludes halogenated alkanes) is 3. The average molecular weight is 275 g/mol. The van der Waals surface area contributed by atoms with Gasteiger partial charge in [0.05, 0.1) is 12.7 Å². The number of thioether (sulfide) groups is 1. The molecule has 1 saturated heterocycles. The number of nitrogens with one attached hydrogen (secondary N) is 1. The molecule has 1 aliphatic heterocycles. The predicted molar refractivity (Wildman–Crippen MR) is 79.3 cm³/mol. The molecule has 0 aromatic rings. The van der Waals surface area contributed by atoms with Crippen molar-refractivity contribution in [2.24, 2.45) is 0 Å². The third-order valence-corrected chi connectivity index (χ3v) is 4.36. The molecule has 0 spiro atoms. The van der Waals surface area contributed by atoms with Gasteiger partial charge in [-0.3, -0.25) is 0 Å². The minimum Gasteiger partial charge on any atom is -0.389 e. The zero-order valence-corrected chi connectivity index (χ0v) is 12.5. The zero-order valence-electron chi connectivity index (χ0n) is 11.7. The Kier molecular flexibility index (Phi) is 10.0. The molecule has 1 aliphatic rings. The predicted octanol–water partition coefficient (Wildman–Crippen LogP) is 2.43. The summed E-state index contributed by atoms with van der Waals surface area (Å²) >= 11 is 2.03. The third-order valence-electron chi connectivity index (χ3n) is 3.32. The summed E-state index contributed by atoms with van der Waals surface area (Å²) < 4.78 is 5.49. The fourth-order valence-corrected chi connectivity index (χ4v) is 3.22. The maximum Gasteiger partial charge on any atom is 0.0897 e. The van der Waals surface area contributed by atoms with Crippen LogP contribution < -0.4 is 5.32 Å². The van der Waals surface area contributed by atoms with Gasteiger partial charge in [-0.05, 0) is 30.8 Å². The first-order valence-electron chi connectivity index (χ1n) is 7.40. The van der Waals surface area contributed by atoms with Gasteiger partial charge >= 0.3 is 0 Å². The molecule has 0 aromatic heterocycles. The zero-order chi connectivity index (χ0) is 13.1. The Labute approximate surface area is 116 Å². The molecule has 108 valence electrons. The minimum atomic E-state index is -0.356. The van der Waals surface area contributed by atoms with Crippen molar-refractivity contribution in [3.63, 3.8) is 0 Å². The van der Waals surface area contributed by atoms with E-state index < -0.39 is 0 Å².